The van der Waals surface area contributed by atoms with E-state index in [1.54, 1.807) is 0 Å². The van der Waals surface area contributed by atoms with Crippen LogP contribution >= 0.6 is 0 Å². The Bertz CT molecular complexity index is 1300. The fraction of sp³-hybridized carbons (Fsp3) is 0.103. The molecule has 5 rings (SSSR count). The van der Waals surface area contributed by atoms with E-state index in [1.165, 1.54) is 22.3 Å². The first-order valence-corrected chi connectivity index (χ1v) is 10.6. The average molecular weight is 401 g/mol. The molecule has 0 spiro atoms. The molecule has 4 aromatic rings. The molecule has 0 saturated heterocycles. The summed E-state index contributed by atoms with van der Waals surface area (Å²) in [5.74, 6) is 0.266. The second-order valence-corrected chi connectivity index (χ2v) is 8.47. The molecule has 1 N–H and O–H groups in total. The number of nitrogens with one attached hydrogen (secondary N) is 1. The van der Waals surface area contributed by atoms with Gasteiger partial charge in [-0.05, 0) is 28.3 Å². The Morgan fingerprint density at radius 2 is 1.19 bits per heavy atom. The van der Waals surface area contributed by atoms with Crippen LogP contribution in [0.3, 0.4) is 0 Å². The van der Waals surface area contributed by atoms with Crippen LogP contribution in [0.2, 0.25) is 0 Å². The van der Waals surface area contributed by atoms with Gasteiger partial charge in [0, 0.05) is 22.1 Å². The lowest BCUT2D eigenvalue weighted by Crippen LogP contribution is -2.16. The highest BCUT2D eigenvalue weighted by atomic mass is 14.8. The number of fused-ring (bicyclic) bond motifs is 3. The van der Waals surface area contributed by atoms with Crippen molar-refractivity contribution in [1.29, 1.82) is 5.41 Å². The average Bonchev–Trinajstić information content (AvgIpc) is 3.05. The van der Waals surface area contributed by atoms with Crippen molar-refractivity contribution in [3.05, 3.63) is 131 Å². The maximum atomic E-state index is 8.61. The molecule has 0 amide bonds. The van der Waals surface area contributed by atoms with Gasteiger partial charge in [-0.3, -0.25) is 5.41 Å². The number of amidine groups is 1. The summed E-state index contributed by atoms with van der Waals surface area (Å²) in [7, 11) is 0. The van der Waals surface area contributed by atoms with Crippen molar-refractivity contribution < 1.29 is 0 Å². The highest BCUT2D eigenvalue weighted by Crippen LogP contribution is 2.48. The van der Waals surface area contributed by atoms with E-state index in [4.69, 9.17) is 10.4 Å². The quantitative estimate of drug-likeness (QED) is 0.288. The molecule has 0 saturated carbocycles. The normalized spacial score (nSPS) is 14.1. The number of rotatable bonds is 3. The highest BCUT2D eigenvalue weighted by molar-refractivity contribution is 6.19. The summed E-state index contributed by atoms with van der Waals surface area (Å²) in [6.45, 7) is 4.57. The first-order valence-electron chi connectivity index (χ1n) is 10.6. The maximum absolute atomic E-state index is 8.61. The van der Waals surface area contributed by atoms with E-state index in [1.807, 2.05) is 48.5 Å². The number of hydrogen-bond acceptors (Lipinski definition) is 1. The van der Waals surface area contributed by atoms with Crippen LogP contribution in [0.25, 0.3) is 11.1 Å². The van der Waals surface area contributed by atoms with E-state index in [-0.39, 0.29) is 11.3 Å². The molecule has 0 atom stereocenters. The first kappa shape index (κ1) is 19.2. The minimum atomic E-state index is -0.0727. The van der Waals surface area contributed by atoms with E-state index in [9.17, 15) is 0 Å². The van der Waals surface area contributed by atoms with Gasteiger partial charge in [0.25, 0.3) is 0 Å². The van der Waals surface area contributed by atoms with Gasteiger partial charge in [0.2, 0.25) is 0 Å². The SMILES string of the molecule is CC1(C)c2ccccc2-c2ccc(C(=NC(=N)c3ccccc3)c3ccccc3)cc21. The zero-order valence-corrected chi connectivity index (χ0v) is 17.8. The van der Waals surface area contributed by atoms with Gasteiger partial charge in [-0.25, -0.2) is 4.99 Å². The molecule has 0 fully saturated rings. The Balaban J connectivity index is 1.66. The second kappa shape index (κ2) is 7.48. The molecule has 0 unspecified atom stereocenters. The van der Waals surface area contributed by atoms with Gasteiger partial charge in [-0.2, -0.15) is 0 Å². The molecule has 31 heavy (non-hydrogen) atoms. The third-order valence-electron chi connectivity index (χ3n) is 6.17. The predicted molar refractivity (Wildman–Crippen MR) is 129 cm³/mol. The summed E-state index contributed by atoms with van der Waals surface area (Å²) < 4.78 is 0. The van der Waals surface area contributed by atoms with Crippen molar-refractivity contribution in [3.63, 3.8) is 0 Å². The second-order valence-electron chi connectivity index (χ2n) is 8.47. The van der Waals surface area contributed by atoms with Crippen molar-refractivity contribution in [2.75, 3.05) is 0 Å². The van der Waals surface area contributed by atoms with Crippen molar-refractivity contribution in [3.8, 4) is 11.1 Å². The summed E-state index contributed by atoms with van der Waals surface area (Å²) in [5, 5.41) is 8.61. The van der Waals surface area contributed by atoms with Gasteiger partial charge in [0.1, 0.15) is 0 Å². The van der Waals surface area contributed by atoms with Gasteiger partial charge < -0.3 is 0 Å². The number of aliphatic imine (C=N–C) groups is 1. The summed E-state index contributed by atoms with van der Waals surface area (Å²) >= 11 is 0. The van der Waals surface area contributed by atoms with Crippen LogP contribution < -0.4 is 0 Å². The molecule has 0 aromatic heterocycles. The van der Waals surface area contributed by atoms with Gasteiger partial charge in [0.05, 0.1) is 5.71 Å². The standard InChI is InChI=1S/C29H24N2/c1-29(2)25-16-10-9-15-23(25)24-18-17-22(19-26(24)29)27(20-11-5-3-6-12-20)31-28(30)21-13-7-4-8-14-21/h3-19,30H,1-2H3. The van der Waals surface area contributed by atoms with E-state index in [0.29, 0.717) is 0 Å². The molecule has 2 nitrogen and oxygen atoms in total. The van der Waals surface area contributed by atoms with Crippen LogP contribution in [0.1, 0.15) is 41.7 Å². The van der Waals surface area contributed by atoms with Crippen LogP contribution in [0.5, 0.6) is 0 Å². The van der Waals surface area contributed by atoms with Crippen molar-refractivity contribution in [2.45, 2.75) is 19.3 Å². The largest absolute Gasteiger partial charge is 0.282 e. The monoisotopic (exact) mass is 400 g/mol. The molecule has 1 aliphatic carbocycles. The first-order chi connectivity index (χ1) is 15.1. The molecule has 0 radical (unpaired) electrons. The van der Waals surface area contributed by atoms with E-state index in [2.05, 4.69) is 68.4 Å². The molecule has 1 aliphatic rings. The van der Waals surface area contributed by atoms with Crippen molar-refractivity contribution >= 4 is 11.5 Å². The maximum Gasteiger partial charge on any atom is 0.152 e. The van der Waals surface area contributed by atoms with Gasteiger partial charge in [-0.1, -0.05) is 111 Å². The zero-order chi connectivity index (χ0) is 21.4. The molecule has 0 bridgehead atoms. The molecule has 0 heterocycles. The molecule has 150 valence electrons. The van der Waals surface area contributed by atoms with Gasteiger partial charge in [0.15, 0.2) is 5.84 Å². The Morgan fingerprint density at radius 3 is 1.90 bits per heavy atom. The topological polar surface area (TPSA) is 36.2 Å². The van der Waals surface area contributed by atoms with E-state index in [0.717, 1.165) is 22.4 Å². The van der Waals surface area contributed by atoms with Crippen molar-refractivity contribution in [2.24, 2.45) is 4.99 Å². The Morgan fingerprint density at radius 1 is 0.613 bits per heavy atom. The van der Waals surface area contributed by atoms with Crippen LogP contribution in [-0.2, 0) is 5.41 Å². The number of nitrogens with zero attached hydrogens (tertiary/aromatic N) is 1. The Kier molecular flexibility index (Phi) is 4.63. The lowest BCUT2D eigenvalue weighted by Gasteiger charge is -2.22. The number of benzene rings is 4. The smallest absolute Gasteiger partial charge is 0.152 e. The van der Waals surface area contributed by atoms with Crippen LogP contribution in [0.15, 0.2) is 108 Å². The summed E-state index contributed by atoms with van der Waals surface area (Å²) in [4.78, 5) is 4.81. The molecule has 0 aliphatic heterocycles. The molecule has 2 heteroatoms. The molecular weight excluding hydrogens is 376 g/mol. The Labute approximate surface area is 183 Å². The van der Waals surface area contributed by atoms with E-state index < -0.39 is 0 Å². The minimum Gasteiger partial charge on any atom is -0.282 e. The summed E-state index contributed by atoms with van der Waals surface area (Å²) in [6, 6.07) is 35.1. The molecular formula is C29H24N2. The molecule has 4 aromatic carbocycles. The van der Waals surface area contributed by atoms with Gasteiger partial charge in [-0.15, -0.1) is 0 Å². The summed E-state index contributed by atoms with van der Waals surface area (Å²) in [6.07, 6.45) is 0. The lowest BCUT2D eigenvalue weighted by atomic mass is 9.81. The highest BCUT2D eigenvalue weighted by Gasteiger charge is 2.35. The minimum absolute atomic E-state index is 0.0727. The fourth-order valence-corrected chi connectivity index (χ4v) is 4.52. The number of hydrogen-bond donors (Lipinski definition) is 1. The van der Waals surface area contributed by atoms with Gasteiger partial charge >= 0.3 is 0 Å². The van der Waals surface area contributed by atoms with Crippen LogP contribution in [0.4, 0.5) is 0 Å². The fourth-order valence-electron chi connectivity index (χ4n) is 4.52. The predicted octanol–water partition coefficient (Wildman–Crippen LogP) is 6.86. The van der Waals surface area contributed by atoms with E-state index >= 15 is 0 Å². The van der Waals surface area contributed by atoms with Crippen molar-refractivity contribution in [1.82, 2.24) is 0 Å². The third-order valence-corrected chi connectivity index (χ3v) is 6.17. The van der Waals surface area contributed by atoms with Crippen LogP contribution in [0, 0.1) is 5.41 Å². The third kappa shape index (κ3) is 3.30. The Hall–Kier alpha value is -3.78. The van der Waals surface area contributed by atoms with Crippen LogP contribution in [-0.4, -0.2) is 11.5 Å². The zero-order valence-electron chi connectivity index (χ0n) is 17.8. The summed E-state index contributed by atoms with van der Waals surface area (Å²) in [5.41, 5.74) is 8.87. The lowest BCUT2D eigenvalue weighted by molar-refractivity contribution is 0.660.